The highest BCUT2D eigenvalue weighted by Crippen LogP contribution is 2.21. The number of carbonyl (C=O) groups excluding carboxylic acids is 1. The molecule has 148 valence electrons. The number of carbonyl (C=O) groups is 1. The summed E-state index contributed by atoms with van der Waals surface area (Å²) in [7, 11) is 1.87. The van der Waals surface area contributed by atoms with Gasteiger partial charge in [-0.25, -0.2) is 0 Å². The molecule has 1 unspecified atom stereocenters. The summed E-state index contributed by atoms with van der Waals surface area (Å²) in [5.41, 5.74) is 4.10. The van der Waals surface area contributed by atoms with E-state index in [9.17, 15) is 4.79 Å². The standard InChI is InChI=1S/C21H26N4O3/c1-6-16-7-9-17(10-8-16)27-12-19-15(4)28-24-20(19)21(26)23-13(2)18-11-22-25(5)14(18)3/h7-11,13H,6,12H2,1-5H3,(H,23,26). The largest absolute Gasteiger partial charge is 0.489 e. The molecule has 1 amide bonds. The molecule has 28 heavy (non-hydrogen) atoms. The van der Waals surface area contributed by atoms with Gasteiger partial charge in [0.05, 0.1) is 17.8 Å². The molecule has 0 spiro atoms. The van der Waals surface area contributed by atoms with Crippen molar-refractivity contribution < 1.29 is 14.1 Å². The monoisotopic (exact) mass is 382 g/mol. The van der Waals surface area contributed by atoms with Gasteiger partial charge < -0.3 is 14.6 Å². The minimum atomic E-state index is -0.299. The van der Waals surface area contributed by atoms with Crippen molar-refractivity contribution >= 4 is 5.91 Å². The molecule has 0 aliphatic carbocycles. The van der Waals surface area contributed by atoms with Crippen molar-refractivity contribution in [3.8, 4) is 5.75 Å². The molecule has 0 aliphatic heterocycles. The second kappa shape index (κ2) is 8.29. The number of aryl methyl sites for hydroxylation is 3. The zero-order valence-corrected chi connectivity index (χ0v) is 16.9. The maximum absolute atomic E-state index is 12.8. The van der Waals surface area contributed by atoms with Gasteiger partial charge in [-0.3, -0.25) is 9.48 Å². The molecular formula is C21H26N4O3. The third-order valence-corrected chi connectivity index (χ3v) is 5.00. The third kappa shape index (κ3) is 4.08. The minimum absolute atomic E-state index is 0.200. The Morgan fingerprint density at radius 3 is 2.61 bits per heavy atom. The molecule has 0 saturated heterocycles. The van der Waals surface area contributed by atoms with Crippen LogP contribution in [-0.4, -0.2) is 20.8 Å². The fraction of sp³-hybridized carbons (Fsp3) is 0.381. The molecule has 7 heteroatoms. The Morgan fingerprint density at radius 2 is 2.00 bits per heavy atom. The summed E-state index contributed by atoms with van der Waals surface area (Å²) >= 11 is 0. The Kier molecular flexibility index (Phi) is 5.82. The summed E-state index contributed by atoms with van der Waals surface area (Å²) in [5.74, 6) is 1.01. The molecule has 0 radical (unpaired) electrons. The Hall–Kier alpha value is -3.09. The number of amides is 1. The molecule has 0 bridgehead atoms. The van der Waals surface area contributed by atoms with Crippen LogP contribution in [0, 0.1) is 13.8 Å². The number of benzene rings is 1. The lowest BCUT2D eigenvalue weighted by Gasteiger charge is -2.13. The summed E-state index contributed by atoms with van der Waals surface area (Å²) in [6.45, 7) is 7.98. The van der Waals surface area contributed by atoms with Gasteiger partial charge in [0.25, 0.3) is 5.91 Å². The van der Waals surface area contributed by atoms with E-state index < -0.39 is 0 Å². The zero-order chi connectivity index (χ0) is 20.3. The van der Waals surface area contributed by atoms with Crippen molar-refractivity contribution in [1.29, 1.82) is 0 Å². The average Bonchev–Trinajstić information content (AvgIpc) is 3.23. The van der Waals surface area contributed by atoms with Gasteiger partial charge in [-0.15, -0.1) is 0 Å². The van der Waals surface area contributed by atoms with Crippen LogP contribution in [0.4, 0.5) is 0 Å². The maximum Gasteiger partial charge on any atom is 0.274 e. The molecule has 0 saturated carbocycles. The lowest BCUT2D eigenvalue weighted by Crippen LogP contribution is -2.28. The quantitative estimate of drug-likeness (QED) is 0.674. The summed E-state index contributed by atoms with van der Waals surface area (Å²) in [6, 6.07) is 7.71. The fourth-order valence-corrected chi connectivity index (χ4v) is 3.00. The molecule has 2 heterocycles. The second-order valence-electron chi connectivity index (χ2n) is 6.86. The first-order valence-corrected chi connectivity index (χ1v) is 9.37. The number of rotatable bonds is 7. The third-order valence-electron chi connectivity index (χ3n) is 5.00. The van der Waals surface area contributed by atoms with Crippen LogP contribution in [0.25, 0.3) is 0 Å². The van der Waals surface area contributed by atoms with Gasteiger partial charge in [0.2, 0.25) is 0 Å². The Morgan fingerprint density at radius 1 is 1.29 bits per heavy atom. The van der Waals surface area contributed by atoms with Crippen LogP contribution in [0.1, 0.15) is 58.5 Å². The lowest BCUT2D eigenvalue weighted by atomic mass is 10.1. The van der Waals surface area contributed by atoms with Crippen LogP contribution in [0.5, 0.6) is 5.75 Å². The predicted octanol–water partition coefficient (Wildman–Crippen LogP) is 3.66. The molecule has 2 aromatic heterocycles. The maximum atomic E-state index is 12.8. The highest BCUT2D eigenvalue weighted by atomic mass is 16.5. The van der Waals surface area contributed by atoms with Crippen LogP contribution in [0.2, 0.25) is 0 Å². The first-order valence-electron chi connectivity index (χ1n) is 9.37. The molecule has 1 atom stereocenters. The summed E-state index contributed by atoms with van der Waals surface area (Å²) in [5, 5.41) is 11.1. The first-order chi connectivity index (χ1) is 13.4. The summed E-state index contributed by atoms with van der Waals surface area (Å²) in [4.78, 5) is 12.8. The molecule has 1 aromatic carbocycles. The molecular weight excluding hydrogens is 356 g/mol. The Balaban J connectivity index is 1.70. The number of hydrogen-bond donors (Lipinski definition) is 1. The molecule has 0 fully saturated rings. The van der Waals surface area contributed by atoms with Gasteiger partial charge in [0.15, 0.2) is 5.69 Å². The van der Waals surface area contributed by atoms with E-state index in [2.05, 4.69) is 22.5 Å². The van der Waals surface area contributed by atoms with E-state index in [1.54, 1.807) is 17.8 Å². The number of hydrogen-bond acceptors (Lipinski definition) is 5. The molecule has 1 N–H and O–H groups in total. The molecule has 7 nitrogen and oxygen atoms in total. The number of nitrogens with one attached hydrogen (secondary N) is 1. The number of aromatic nitrogens is 3. The minimum Gasteiger partial charge on any atom is -0.489 e. The van der Waals surface area contributed by atoms with Crippen molar-refractivity contribution in [2.45, 2.75) is 46.8 Å². The van der Waals surface area contributed by atoms with Gasteiger partial charge in [0.1, 0.15) is 18.1 Å². The van der Waals surface area contributed by atoms with Gasteiger partial charge in [0, 0.05) is 18.3 Å². The van der Waals surface area contributed by atoms with Crippen LogP contribution in [0.3, 0.4) is 0 Å². The van der Waals surface area contributed by atoms with Gasteiger partial charge >= 0.3 is 0 Å². The highest BCUT2D eigenvalue weighted by Gasteiger charge is 2.23. The van der Waals surface area contributed by atoms with Crippen LogP contribution < -0.4 is 10.1 Å². The molecule has 0 aliphatic rings. The van der Waals surface area contributed by atoms with Gasteiger partial charge in [-0.2, -0.15) is 5.10 Å². The van der Waals surface area contributed by atoms with E-state index in [1.807, 2.05) is 45.2 Å². The first kappa shape index (κ1) is 19.7. The summed E-state index contributed by atoms with van der Waals surface area (Å²) < 4.78 is 12.9. The van der Waals surface area contributed by atoms with E-state index in [0.717, 1.165) is 23.4 Å². The average molecular weight is 382 g/mol. The number of nitrogens with zero attached hydrogens (tertiary/aromatic N) is 3. The molecule has 3 rings (SSSR count). The zero-order valence-electron chi connectivity index (χ0n) is 16.9. The Labute approximate surface area is 164 Å². The van der Waals surface area contributed by atoms with E-state index >= 15 is 0 Å². The predicted molar refractivity (Wildman–Crippen MR) is 105 cm³/mol. The van der Waals surface area contributed by atoms with Crippen molar-refractivity contribution in [2.75, 3.05) is 0 Å². The van der Waals surface area contributed by atoms with E-state index in [1.165, 1.54) is 5.56 Å². The van der Waals surface area contributed by atoms with Crippen LogP contribution in [-0.2, 0) is 20.1 Å². The SMILES string of the molecule is CCc1ccc(OCc2c(C(=O)NC(C)c3cnn(C)c3C)noc2C)cc1. The van der Waals surface area contributed by atoms with Crippen molar-refractivity contribution in [1.82, 2.24) is 20.3 Å². The fourth-order valence-electron chi connectivity index (χ4n) is 3.00. The van der Waals surface area contributed by atoms with E-state index in [4.69, 9.17) is 9.26 Å². The highest BCUT2D eigenvalue weighted by molar-refractivity contribution is 5.94. The van der Waals surface area contributed by atoms with Crippen molar-refractivity contribution in [2.24, 2.45) is 7.05 Å². The second-order valence-corrected chi connectivity index (χ2v) is 6.86. The topological polar surface area (TPSA) is 82.2 Å². The summed E-state index contributed by atoms with van der Waals surface area (Å²) in [6.07, 6.45) is 2.74. The van der Waals surface area contributed by atoms with E-state index in [0.29, 0.717) is 11.3 Å². The van der Waals surface area contributed by atoms with Crippen LogP contribution in [0.15, 0.2) is 35.0 Å². The van der Waals surface area contributed by atoms with Gasteiger partial charge in [-0.1, -0.05) is 24.2 Å². The lowest BCUT2D eigenvalue weighted by molar-refractivity contribution is 0.0928. The molecule has 3 aromatic rings. The van der Waals surface area contributed by atoms with Crippen molar-refractivity contribution in [3.05, 3.63) is 64.3 Å². The van der Waals surface area contributed by atoms with Gasteiger partial charge in [-0.05, 0) is 44.9 Å². The smallest absolute Gasteiger partial charge is 0.274 e. The number of ether oxygens (including phenoxy) is 1. The van der Waals surface area contributed by atoms with Crippen LogP contribution >= 0.6 is 0 Å². The normalized spacial score (nSPS) is 12.0. The van der Waals surface area contributed by atoms with E-state index in [-0.39, 0.29) is 24.2 Å². The Bertz CT molecular complexity index is 957. The van der Waals surface area contributed by atoms with Crippen molar-refractivity contribution in [3.63, 3.8) is 0 Å².